The molecule has 2 rings (SSSR count). The number of aryl methyl sites for hydroxylation is 1. The highest BCUT2D eigenvalue weighted by molar-refractivity contribution is 5.80. The van der Waals surface area contributed by atoms with Gasteiger partial charge in [0, 0.05) is 17.3 Å². The first-order chi connectivity index (χ1) is 6.18. The Morgan fingerprint density at radius 1 is 1.38 bits per heavy atom. The zero-order chi connectivity index (χ0) is 9.42. The smallest absolute Gasteiger partial charge is 0.137 e. The molecule has 0 atom stereocenters. The van der Waals surface area contributed by atoms with Crippen molar-refractivity contribution >= 4 is 11.0 Å². The molecule has 0 saturated heterocycles. The molecule has 0 spiro atoms. The zero-order valence-corrected chi connectivity index (χ0v) is 8.26. The fourth-order valence-corrected chi connectivity index (χ4v) is 1.49. The van der Waals surface area contributed by atoms with Gasteiger partial charge in [-0.05, 0) is 30.5 Å². The number of hydrogen-bond acceptors (Lipinski definition) is 1. The van der Waals surface area contributed by atoms with Crippen molar-refractivity contribution in [2.24, 2.45) is 0 Å². The molecule has 2 heteroatoms. The standard InChI is InChI=1S/C11H14N2/c1-7(2)10-6-9-8(3)4-5-12-11(9)13-10/h4-7H,1-3H3,(H,12,13). The van der Waals surface area contributed by atoms with Crippen LogP contribution >= 0.6 is 0 Å². The van der Waals surface area contributed by atoms with Crippen molar-refractivity contribution in [2.75, 3.05) is 0 Å². The van der Waals surface area contributed by atoms with Crippen LogP contribution in [0.3, 0.4) is 0 Å². The maximum Gasteiger partial charge on any atom is 0.137 e. The van der Waals surface area contributed by atoms with E-state index < -0.39 is 0 Å². The summed E-state index contributed by atoms with van der Waals surface area (Å²) in [5.41, 5.74) is 3.55. The second-order valence-electron chi connectivity index (χ2n) is 3.77. The molecule has 0 aliphatic rings. The van der Waals surface area contributed by atoms with E-state index in [2.05, 4.69) is 36.8 Å². The van der Waals surface area contributed by atoms with Crippen LogP contribution in [0.15, 0.2) is 18.3 Å². The van der Waals surface area contributed by atoms with Crippen LogP contribution in [0.5, 0.6) is 0 Å². The highest BCUT2D eigenvalue weighted by Crippen LogP contribution is 2.21. The first kappa shape index (κ1) is 8.30. The first-order valence-corrected chi connectivity index (χ1v) is 4.62. The van der Waals surface area contributed by atoms with E-state index in [9.17, 15) is 0 Å². The molecule has 0 aliphatic heterocycles. The maximum atomic E-state index is 4.29. The summed E-state index contributed by atoms with van der Waals surface area (Å²) < 4.78 is 0. The van der Waals surface area contributed by atoms with Crippen molar-refractivity contribution in [3.8, 4) is 0 Å². The van der Waals surface area contributed by atoms with Crippen LogP contribution < -0.4 is 0 Å². The topological polar surface area (TPSA) is 28.7 Å². The molecule has 2 nitrogen and oxygen atoms in total. The zero-order valence-electron chi connectivity index (χ0n) is 8.26. The Bertz CT molecular complexity index is 427. The molecule has 68 valence electrons. The molecule has 0 amide bonds. The van der Waals surface area contributed by atoms with E-state index in [0.717, 1.165) is 5.65 Å². The van der Waals surface area contributed by atoms with Gasteiger partial charge in [-0.2, -0.15) is 0 Å². The van der Waals surface area contributed by atoms with Crippen molar-refractivity contribution < 1.29 is 0 Å². The van der Waals surface area contributed by atoms with E-state index >= 15 is 0 Å². The number of rotatable bonds is 1. The summed E-state index contributed by atoms with van der Waals surface area (Å²) in [6.07, 6.45) is 1.85. The summed E-state index contributed by atoms with van der Waals surface area (Å²) in [7, 11) is 0. The summed E-state index contributed by atoms with van der Waals surface area (Å²) in [5, 5.41) is 1.24. The molecule has 0 aromatic carbocycles. The van der Waals surface area contributed by atoms with Crippen molar-refractivity contribution in [2.45, 2.75) is 26.7 Å². The maximum absolute atomic E-state index is 4.29. The molecule has 1 N–H and O–H groups in total. The van der Waals surface area contributed by atoms with E-state index in [-0.39, 0.29) is 0 Å². The Kier molecular flexibility index (Phi) is 1.83. The molecular weight excluding hydrogens is 160 g/mol. The molecule has 13 heavy (non-hydrogen) atoms. The number of fused-ring (bicyclic) bond motifs is 1. The molecule has 2 aromatic rings. The van der Waals surface area contributed by atoms with E-state index in [1.54, 1.807) is 0 Å². The lowest BCUT2D eigenvalue weighted by Crippen LogP contribution is -1.85. The average molecular weight is 174 g/mol. The lowest BCUT2D eigenvalue weighted by Gasteiger charge is -1.97. The second-order valence-corrected chi connectivity index (χ2v) is 3.77. The second kappa shape index (κ2) is 2.87. The summed E-state index contributed by atoms with van der Waals surface area (Å²) in [4.78, 5) is 7.61. The number of aromatic nitrogens is 2. The van der Waals surface area contributed by atoms with E-state index in [4.69, 9.17) is 0 Å². The molecule has 0 bridgehead atoms. The van der Waals surface area contributed by atoms with Crippen LogP contribution in [0.25, 0.3) is 11.0 Å². The largest absolute Gasteiger partial charge is 0.343 e. The number of hydrogen-bond donors (Lipinski definition) is 1. The van der Waals surface area contributed by atoms with Crippen LogP contribution in [0.2, 0.25) is 0 Å². The lowest BCUT2D eigenvalue weighted by atomic mass is 10.1. The fraction of sp³-hybridized carbons (Fsp3) is 0.364. The van der Waals surface area contributed by atoms with Crippen molar-refractivity contribution in [3.05, 3.63) is 29.6 Å². The summed E-state index contributed by atoms with van der Waals surface area (Å²) >= 11 is 0. The Morgan fingerprint density at radius 3 is 2.77 bits per heavy atom. The molecular formula is C11H14N2. The molecule has 0 aliphatic carbocycles. The van der Waals surface area contributed by atoms with Gasteiger partial charge < -0.3 is 4.98 Å². The molecule has 2 aromatic heterocycles. The van der Waals surface area contributed by atoms with Crippen LogP contribution in [0.1, 0.15) is 31.0 Å². The van der Waals surface area contributed by atoms with Crippen molar-refractivity contribution in [3.63, 3.8) is 0 Å². The van der Waals surface area contributed by atoms with E-state index in [1.807, 2.05) is 12.3 Å². The number of nitrogens with zero attached hydrogens (tertiary/aromatic N) is 1. The van der Waals surface area contributed by atoms with Gasteiger partial charge in [0.15, 0.2) is 0 Å². The molecule has 0 radical (unpaired) electrons. The van der Waals surface area contributed by atoms with Gasteiger partial charge in [-0.15, -0.1) is 0 Å². The predicted octanol–water partition coefficient (Wildman–Crippen LogP) is 2.99. The fourth-order valence-electron chi connectivity index (χ4n) is 1.49. The van der Waals surface area contributed by atoms with E-state index in [1.165, 1.54) is 16.6 Å². The Morgan fingerprint density at radius 2 is 2.15 bits per heavy atom. The van der Waals surface area contributed by atoms with Crippen LogP contribution in [0.4, 0.5) is 0 Å². The summed E-state index contributed by atoms with van der Waals surface area (Å²) in [6, 6.07) is 4.24. The van der Waals surface area contributed by atoms with Crippen LogP contribution in [-0.4, -0.2) is 9.97 Å². The number of H-pyrrole nitrogens is 1. The molecule has 2 heterocycles. The Balaban J connectivity index is 2.68. The number of nitrogens with one attached hydrogen (secondary N) is 1. The molecule has 0 unspecified atom stereocenters. The van der Waals surface area contributed by atoms with Crippen molar-refractivity contribution in [1.29, 1.82) is 0 Å². The quantitative estimate of drug-likeness (QED) is 0.707. The third-order valence-electron chi connectivity index (χ3n) is 2.39. The van der Waals surface area contributed by atoms with Gasteiger partial charge in [-0.3, -0.25) is 0 Å². The highest BCUT2D eigenvalue weighted by Gasteiger charge is 2.05. The lowest BCUT2D eigenvalue weighted by molar-refractivity contribution is 0.835. The first-order valence-electron chi connectivity index (χ1n) is 4.62. The minimum atomic E-state index is 0.536. The Hall–Kier alpha value is -1.31. The van der Waals surface area contributed by atoms with Crippen LogP contribution in [-0.2, 0) is 0 Å². The van der Waals surface area contributed by atoms with Crippen molar-refractivity contribution in [1.82, 2.24) is 9.97 Å². The van der Waals surface area contributed by atoms with Gasteiger partial charge in [0.2, 0.25) is 0 Å². The van der Waals surface area contributed by atoms with Gasteiger partial charge in [0.25, 0.3) is 0 Å². The normalized spacial score (nSPS) is 11.4. The average Bonchev–Trinajstić information content (AvgIpc) is 2.49. The van der Waals surface area contributed by atoms with Crippen LogP contribution in [0, 0.1) is 6.92 Å². The minimum absolute atomic E-state index is 0.536. The third kappa shape index (κ3) is 1.32. The predicted molar refractivity (Wildman–Crippen MR) is 54.9 cm³/mol. The van der Waals surface area contributed by atoms with Gasteiger partial charge in [0.05, 0.1) is 0 Å². The number of pyridine rings is 1. The van der Waals surface area contributed by atoms with Gasteiger partial charge in [-0.25, -0.2) is 4.98 Å². The summed E-state index contributed by atoms with van der Waals surface area (Å²) in [5.74, 6) is 0.536. The Labute approximate surface area is 78.0 Å². The molecule has 0 fully saturated rings. The number of aromatic amines is 1. The SMILES string of the molecule is Cc1ccnc2[nH]c(C(C)C)cc12. The monoisotopic (exact) mass is 174 g/mol. The van der Waals surface area contributed by atoms with E-state index in [0.29, 0.717) is 5.92 Å². The molecule has 0 saturated carbocycles. The van der Waals surface area contributed by atoms with Gasteiger partial charge in [-0.1, -0.05) is 13.8 Å². The minimum Gasteiger partial charge on any atom is -0.343 e. The highest BCUT2D eigenvalue weighted by atomic mass is 14.9. The van der Waals surface area contributed by atoms with Gasteiger partial charge >= 0.3 is 0 Å². The third-order valence-corrected chi connectivity index (χ3v) is 2.39. The summed E-state index contributed by atoms with van der Waals surface area (Å²) in [6.45, 7) is 6.47. The van der Waals surface area contributed by atoms with Gasteiger partial charge in [0.1, 0.15) is 5.65 Å².